The van der Waals surface area contributed by atoms with Crippen LogP contribution in [0.2, 0.25) is 0 Å². The van der Waals surface area contributed by atoms with Crippen molar-refractivity contribution >= 4 is 0 Å². The molecular weight excluding hydrogens is 152 g/mol. The van der Waals surface area contributed by atoms with Crippen LogP contribution in [0, 0.1) is 5.92 Å². The van der Waals surface area contributed by atoms with Crippen LogP contribution in [0.15, 0.2) is 0 Å². The molecule has 4 heteroatoms. The number of alkyl halides is 2. The number of aliphatic hydroxyl groups excluding tert-OH is 1. The fourth-order valence-corrected chi connectivity index (χ4v) is 1.37. The summed E-state index contributed by atoms with van der Waals surface area (Å²) in [6, 6.07) is 0. The number of rotatable bonds is 2. The second-order valence-corrected chi connectivity index (χ2v) is 2.94. The van der Waals surface area contributed by atoms with Gasteiger partial charge >= 0.3 is 0 Å². The summed E-state index contributed by atoms with van der Waals surface area (Å²) in [6.07, 6.45) is 0.932. The third-order valence-corrected chi connectivity index (χ3v) is 2.15. The third-order valence-electron chi connectivity index (χ3n) is 2.15. The van der Waals surface area contributed by atoms with E-state index in [-0.39, 0.29) is 0 Å². The SMILES string of the molecule is OCC(F)(F)C1CCNCC1. The Kier molecular flexibility index (Phi) is 2.78. The molecule has 1 aliphatic heterocycles. The molecule has 0 amide bonds. The maximum Gasteiger partial charge on any atom is 0.273 e. The molecule has 66 valence electrons. The summed E-state index contributed by atoms with van der Waals surface area (Å²) in [5.41, 5.74) is 0. The molecule has 1 saturated heterocycles. The molecule has 0 bridgehead atoms. The van der Waals surface area contributed by atoms with E-state index in [2.05, 4.69) is 5.32 Å². The number of aliphatic hydroxyl groups is 1. The summed E-state index contributed by atoms with van der Waals surface area (Å²) < 4.78 is 25.5. The summed E-state index contributed by atoms with van der Waals surface area (Å²) in [6.45, 7) is 0.262. The number of halogens is 2. The lowest BCUT2D eigenvalue weighted by Gasteiger charge is -2.28. The first kappa shape index (κ1) is 8.87. The molecule has 2 N–H and O–H groups in total. The van der Waals surface area contributed by atoms with Crippen LogP contribution in [0.4, 0.5) is 8.78 Å². The van der Waals surface area contributed by atoms with Gasteiger partial charge in [-0.05, 0) is 25.9 Å². The molecule has 0 spiro atoms. The van der Waals surface area contributed by atoms with Crippen molar-refractivity contribution in [3.8, 4) is 0 Å². The average Bonchev–Trinajstić information content (AvgIpc) is 2.06. The highest BCUT2D eigenvalue weighted by atomic mass is 19.3. The van der Waals surface area contributed by atoms with Gasteiger partial charge in [-0.15, -0.1) is 0 Å². The second-order valence-electron chi connectivity index (χ2n) is 2.94. The van der Waals surface area contributed by atoms with Gasteiger partial charge in [0.2, 0.25) is 0 Å². The number of hydrogen-bond donors (Lipinski definition) is 2. The highest BCUT2D eigenvalue weighted by Crippen LogP contribution is 2.30. The maximum atomic E-state index is 12.8. The Morgan fingerprint density at radius 3 is 2.36 bits per heavy atom. The van der Waals surface area contributed by atoms with Crippen molar-refractivity contribution in [3.63, 3.8) is 0 Å². The Labute approximate surface area is 64.6 Å². The molecule has 2 nitrogen and oxygen atoms in total. The van der Waals surface area contributed by atoms with Crippen LogP contribution < -0.4 is 5.32 Å². The molecule has 0 aliphatic carbocycles. The minimum absolute atomic E-state index is 0.466. The molecule has 1 heterocycles. The van der Waals surface area contributed by atoms with Gasteiger partial charge < -0.3 is 10.4 Å². The van der Waals surface area contributed by atoms with Gasteiger partial charge in [0.15, 0.2) is 0 Å². The van der Waals surface area contributed by atoms with Crippen LogP contribution in [0.1, 0.15) is 12.8 Å². The number of hydrogen-bond acceptors (Lipinski definition) is 2. The molecule has 0 aromatic rings. The van der Waals surface area contributed by atoms with Gasteiger partial charge in [-0.2, -0.15) is 0 Å². The molecule has 0 radical (unpaired) electrons. The highest BCUT2D eigenvalue weighted by Gasteiger charge is 2.38. The Morgan fingerprint density at radius 1 is 1.36 bits per heavy atom. The van der Waals surface area contributed by atoms with E-state index in [0.29, 0.717) is 25.9 Å². The molecule has 1 aliphatic rings. The quantitative estimate of drug-likeness (QED) is 0.628. The topological polar surface area (TPSA) is 32.3 Å². The lowest BCUT2D eigenvalue weighted by Crippen LogP contribution is -2.40. The predicted molar refractivity (Wildman–Crippen MR) is 37.6 cm³/mol. The van der Waals surface area contributed by atoms with E-state index >= 15 is 0 Å². The van der Waals surface area contributed by atoms with E-state index in [1.165, 1.54) is 0 Å². The maximum absolute atomic E-state index is 12.8. The normalized spacial score (nSPS) is 22.1. The Hall–Kier alpha value is -0.220. The van der Waals surface area contributed by atoms with E-state index in [1.54, 1.807) is 0 Å². The predicted octanol–water partition coefficient (Wildman–Crippen LogP) is 0.614. The highest BCUT2D eigenvalue weighted by molar-refractivity contribution is 4.80. The van der Waals surface area contributed by atoms with Crippen molar-refractivity contribution < 1.29 is 13.9 Å². The largest absolute Gasteiger partial charge is 0.390 e. The van der Waals surface area contributed by atoms with Gasteiger partial charge in [0, 0.05) is 5.92 Å². The fraction of sp³-hybridized carbons (Fsp3) is 1.00. The van der Waals surface area contributed by atoms with Crippen LogP contribution in [0.25, 0.3) is 0 Å². The van der Waals surface area contributed by atoms with Gasteiger partial charge in [-0.25, -0.2) is 8.78 Å². The second kappa shape index (κ2) is 3.45. The van der Waals surface area contributed by atoms with Crippen molar-refractivity contribution in [2.75, 3.05) is 19.7 Å². The van der Waals surface area contributed by atoms with Crippen LogP contribution in [0.3, 0.4) is 0 Å². The van der Waals surface area contributed by atoms with Crippen molar-refractivity contribution in [2.24, 2.45) is 5.92 Å². The zero-order chi connectivity index (χ0) is 8.32. The zero-order valence-electron chi connectivity index (χ0n) is 6.32. The van der Waals surface area contributed by atoms with Crippen molar-refractivity contribution in [1.82, 2.24) is 5.32 Å². The van der Waals surface area contributed by atoms with E-state index < -0.39 is 18.4 Å². The van der Waals surface area contributed by atoms with E-state index in [4.69, 9.17) is 5.11 Å². The Bertz CT molecular complexity index is 124. The molecule has 0 aromatic heterocycles. The number of piperidine rings is 1. The standard InChI is InChI=1S/C7H13F2NO/c8-7(9,5-11)6-1-3-10-4-2-6/h6,10-11H,1-5H2. The first-order chi connectivity index (χ1) is 5.17. The van der Waals surface area contributed by atoms with Crippen LogP contribution in [0.5, 0.6) is 0 Å². The molecule has 0 saturated carbocycles. The Balaban J connectivity index is 2.43. The van der Waals surface area contributed by atoms with Crippen LogP contribution in [-0.4, -0.2) is 30.7 Å². The minimum atomic E-state index is -2.87. The molecular formula is C7H13F2NO. The minimum Gasteiger partial charge on any atom is -0.390 e. The van der Waals surface area contributed by atoms with Crippen molar-refractivity contribution in [2.45, 2.75) is 18.8 Å². The zero-order valence-corrected chi connectivity index (χ0v) is 6.32. The van der Waals surface area contributed by atoms with Gasteiger partial charge in [0.05, 0.1) is 0 Å². The monoisotopic (exact) mass is 165 g/mol. The summed E-state index contributed by atoms with van der Waals surface area (Å²) in [7, 11) is 0. The fourth-order valence-electron chi connectivity index (χ4n) is 1.37. The summed E-state index contributed by atoms with van der Waals surface area (Å²) >= 11 is 0. The van der Waals surface area contributed by atoms with Gasteiger partial charge in [0.25, 0.3) is 5.92 Å². The summed E-state index contributed by atoms with van der Waals surface area (Å²) in [4.78, 5) is 0. The van der Waals surface area contributed by atoms with Crippen molar-refractivity contribution in [3.05, 3.63) is 0 Å². The molecule has 0 aromatic carbocycles. The number of nitrogens with one attached hydrogen (secondary N) is 1. The summed E-state index contributed by atoms with van der Waals surface area (Å²) in [5.74, 6) is -3.50. The molecule has 1 rings (SSSR count). The van der Waals surface area contributed by atoms with Gasteiger partial charge in [0.1, 0.15) is 6.61 Å². The van der Waals surface area contributed by atoms with E-state index in [0.717, 1.165) is 0 Å². The lowest BCUT2D eigenvalue weighted by atomic mass is 9.92. The molecule has 0 unspecified atom stereocenters. The summed E-state index contributed by atoms with van der Waals surface area (Å²) in [5, 5.41) is 11.4. The van der Waals surface area contributed by atoms with Gasteiger partial charge in [-0.1, -0.05) is 0 Å². The third kappa shape index (κ3) is 2.10. The van der Waals surface area contributed by atoms with Crippen molar-refractivity contribution in [1.29, 1.82) is 0 Å². The van der Waals surface area contributed by atoms with Crippen LogP contribution in [-0.2, 0) is 0 Å². The van der Waals surface area contributed by atoms with E-state index in [9.17, 15) is 8.78 Å². The molecule has 1 fully saturated rings. The first-order valence-corrected chi connectivity index (χ1v) is 3.86. The van der Waals surface area contributed by atoms with Gasteiger partial charge in [-0.3, -0.25) is 0 Å². The average molecular weight is 165 g/mol. The first-order valence-electron chi connectivity index (χ1n) is 3.86. The lowest BCUT2D eigenvalue weighted by molar-refractivity contribution is -0.105. The van der Waals surface area contributed by atoms with Crippen LogP contribution >= 0.6 is 0 Å². The molecule has 11 heavy (non-hydrogen) atoms. The molecule has 0 atom stereocenters. The Morgan fingerprint density at radius 2 is 1.91 bits per heavy atom. The van der Waals surface area contributed by atoms with E-state index in [1.807, 2.05) is 0 Å². The smallest absolute Gasteiger partial charge is 0.273 e.